The second-order valence-electron chi connectivity index (χ2n) is 10.1. The smallest absolute Gasteiger partial charge is 0.251 e. The van der Waals surface area contributed by atoms with E-state index in [1.807, 2.05) is 66.7 Å². The molecule has 3 aromatic carbocycles. The summed E-state index contributed by atoms with van der Waals surface area (Å²) in [5.74, 6) is 0. The molecule has 1 atom stereocenters. The number of nitrogens with two attached hydrogens (primary N) is 1. The van der Waals surface area contributed by atoms with E-state index in [9.17, 15) is 9.90 Å². The van der Waals surface area contributed by atoms with Crippen LogP contribution in [0.25, 0.3) is 22.0 Å². The second-order valence-corrected chi connectivity index (χ2v) is 11.6. The molecule has 0 bridgehead atoms. The molecule has 5 rings (SSSR count). The van der Waals surface area contributed by atoms with Crippen LogP contribution in [0.5, 0.6) is 0 Å². The number of benzene rings is 3. The van der Waals surface area contributed by atoms with Crippen molar-refractivity contribution in [1.29, 1.82) is 0 Å². The maximum absolute atomic E-state index is 12.9. The lowest BCUT2D eigenvalue weighted by Crippen LogP contribution is -2.37. The van der Waals surface area contributed by atoms with Crippen molar-refractivity contribution in [1.82, 2.24) is 14.8 Å². The van der Waals surface area contributed by atoms with Gasteiger partial charge in [-0.05, 0) is 69.7 Å². The van der Waals surface area contributed by atoms with Gasteiger partial charge in [-0.3, -0.25) is 4.79 Å². The lowest BCUT2D eigenvalue weighted by Gasteiger charge is -2.36. The summed E-state index contributed by atoms with van der Waals surface area (Å²) >= 11 is 8.04. The molecule has 8 heteroatoms. The Kier molecular flexibility index (Phi) is 8.66. The van der Waals surface area contributed by atoms with Crippen LogP contribution in [-0.2, 0) is 25.7 Å². The van der Waals surface area contributed by atoms with Crippen LogP contribution in [0.4, 0.5) is 0 Å². The molecule has 42 heavy (non-hydrogen) atoms. The molecule has 0 aliphatic carbocycles. The van der Waals surface area contributed by atoms with Gasteiger partial charge in [-0.15, -0.1) is 11.3 Å². The van der Waals surface area contributed by atoms with Crippen LogP contribution in [0.15, 0.2) is 120 Å². The highest BCUT2D eigenvalue weighted by molar-refractivity contribution is 7.09. The normalized spacial score (nSPS) is 13.2. The summed E-state index contributed by atoms with van der Waals surface area (Å²) in [6.45, 7) is 5.38. The standard InChI is InChI=1S/C34H33ClN4O2S/c1-4-38(2)32(20-36)34(41,25-12-10-23(11-13-25)21-37-22-28-9-6-16-42-28)26-14-15-31-30(18-26)29(19-33(40)39(31)3)24-7-5-8-27(35)17-24/h4-20,37,41H,1,21-22,36H2,2-3H3/b32-20-. The van der Waals surface area contributed by atoms with Gasteiger partial charge in [0.15, 0.2) is 5.60 Å². The van der Waals surface area contributed by atoms with E-state index in [0.29, 0.717) is 28.4 Å². The quantitative estimate of drug-likeness (QED) is 0.176. The van der Waals surface area contributed by atoms with E-state index in [-0.39, 0.29) is 5.56 Å². The number of hydrogen-bond acceptors (Lipinski definition) is 6. The van der Waals surface area contributed by atoms with Gasteiger partial charge in [-0.2, -0.15) is 0 Å². The van der Waals surface area contributed by atoms with Crippen molar-refractivity contribution in [3.8, 4) is 11.1 Å². The highest BCUT2D eigenvalue weighted by Gasteiger charge is 2.38. The number of pyridine rings is 1. The number of aromatic nitrogens is 1. The van der Waals surface area contributed by atoms with Crippen LogP contribution in [-0.4, -0.2) is 21.6 Å². The van der Waals surface area contributed by atoms with Gasteiger partial charge in [0.25, 0.3) is 5.56 Å². The zero-order valence-corrected chi connectivity index (χ0v) is 25.1. The predicted molar refractivity (Wildman–Crippen MR) is 174 cm³/mol. The fourth-order valence-corrected chi connectivity index (χ4v) is 6.11. The van der Waals surface area contributed by atoms with Gasteiger partial charge in [0.1, 0.15) is 0 Å². The topological polar surface area (TPSA) is 83.5 Å². The van der Waals surface area contributed by atoms with E-state index >= 15 is 0 Å². The van der Waals surface area contributed by atoms with Gasteiger partial charge in [0.2, 0.25) is 0 Å². The van der Waals surface area contributed by atoms with Crippen molar-refractivity contribution in [2.24, 2.45) is 12.8 Å². The van der Waals surface area contributed by atoms with E-state index in [2.05, 4.69) is 23.3 Å². The highest BCUT2D eigenvalue weighted by Crippen LogP contribution is 2.40. The Morgan fingerprint density at radius 2 is 1.83 bits per heavy atom. The first-order valence-electron chi connectivity index (χ1n) is 13.5. The number of fused-ring (bicyclic) bond motifs is 1. The molecule has 0 aliphatic rings. The fraction of sp³-hybridized carbons (Fsp3) is 0.147. The molecule has 1 unspecified atom stereocenters. The molecule has 5 aromatic rings. The van der Waals surface area contributed by atoms with Gasteiger partial charge in [-0.1, -0.05) is 66.7 Å². The Bertz CT molecular complexity index is 1810. The van der Waals surface area contributed by atoms with Crippen molar-refractivity contribution >= 4 is 33.8 Å². The van der Waals surface area contributed by atoms with Gasteiger partial charge in [0.05, 0.1) is 11.2 Å². The predicted octanol–water partition coefficient (Wildman–Crippen LogP) is 6.32. The maximum Gasteiger partial charge on any atom is 0.251 e. The Morgan fingerprint density at radius 3 is 2.50 bits per heavy atom. The number of thiophene rings is 1. The molecular formula is C34H33ClN4O2S. The van der Waals surface area contributed by atoms with E-state index in [4.69, 9.17) is 17.3 Å². The molecule has 2 aromatic heterocycles. The molecule has 0 saturated carbocycles. The van der Waals surface area contributed by atoms with Crippen molar-refractivity contribution in [2.75, 3.05) is 7.05 Å². The Labute approximate surface area is 254 Å². The number of hydrogen-bond donors (Lipinski definition) is 3. The number of nitrogens with zero attached hydrogens (tertiary/aromatic N) is 2. The molecule has 0 radical (unpaired) electrons. The van der Waals surface area contributed by atoms with Crippen molar-refractivity contribution in [3.63, 3.8) is 0 Å². The minimum Gasteiger partial charge on any atom is -0.403 e. The molecule has 0 amide bonds. The van der Waals surface area contributed by atoms with Crippen molar-refractivity contribution in [2.45, 2.75) is 18.7 Å². The first-order chi connectivity index (χ1) is 20.3. The first kappa shape index (κ1) is 29.4. The number of halogens is 1. The van der Waals surface area contributed by atoms with Crippen LogP contribution >= 0.6 is 22.9 Å². The van der Waals surface area contributed by atoms with E-state index in [0.717, 1.165) is 34.1 Å². The van der Waals surface area contributed by atoms with E-state index in [1.54, 1.807) is 53.2 Å². The van der Waals surface area contributed by atoms with E-state index in [1.165, 1.54) is 11.1 Å². The monoisotopic (exact) mass is 596 g/mol. The van der Waals surface area contributed by atoms with Crippen LogP contribution in [0.1, 0.15) is 21.6 Å². The van der Waals surface area contributed by atoms with Gasteiger partial charge in [0, 0.05) is 54.7 Å². The third kappa shape index (κ3) is 5.65. The molecule has 4 N–H and O–H groups in total. The average Bonchev–Trinajstić information content (AvgIpc) is 3.53. The molecule has 214 valence electrons. The largest absolute Gasteiger partial charge is 0.403 e. The molecular weight excluding hydrogens is 564 g/mol. The zero-order chi connectivity index (χ0) is 29.9. The van der Waals surface area contributed by atoms with Crippen LogP contribution in [0.3, 0.4) is 0 Å². The minimum absolute atomic E-state index is 0.141. The lowest BCUT2D eigenvalue weighted by molar-refractivity contribution is 0.0968. The zero-order valence-electron chi connectivity index (χ0n) is 23.5. The third-order valence-corrected chi connectivity index (χ3v) is 8.67. The second kappa shape index (κ2) is 12.4. The summed E-state index contributed by atoms with van der Waals surface area (Å²) in [7, 11) is 3.53. The minimum atomic E-state index is -1.63. The Morgan fingerprint density at radius 1 is 1.07 bits per heavy atom. The summed E-state index contributed by atoms with van der Waals surface area (Å²) in [4.78, 5) is 15.9. The SMILES string of the molecule is C=CN(C)/C(=C\N)C(O)(c1ccc(CNCc2cccs2)cc1)c1ccc2c(c1)c(-c1cccc(Cl)c1)cc(=O)n2C. The molecule has 0 spiro atoms. The number of likely N-dealkylation sites (N-methyl/N-ethyl adjacent to an activating group) is 1. The number of aliphatic hydroxyl groups is 1. The molecule has 0 aliphatic heterocycles. The third-order valence-electron chi connectivity index (χ3n) is 7.56. The fourth-order valence-electron chi connectivity index (χ4n) is 5.24. The number of nitrogens with one attached hydrogen (secondary N) is 1. The van der Waals surface area contributed by atoms with Crippen LogP contribution in [0, 0.1) is 0 Å². The van der Waals surface area contributed by atoms with Crippen molar-refractivity contribution in [3.05, 3.63) is 152 Å². The van der Waals surface area contributed by atoms with E-state index < -0.39 is 5.60 Å². The first-order valence-corrected chi connectivity index (χ1v) is 14.7. The summed E-state index contributed by atoms with van der Waals surface area (Å²) in [5.41, 5.74) is 9.41. The molecule has 0 fully saturated rings. The Hall–Kier alpha value is -4.14. The van der Waals surface area contributed by atoms with Crippen LogP contribution in [0.2, 0.25) is 5.02 Å². The average molecular weight is 597 g/mol. The summed E-state index contributed by atoms with van der Waals surface area (Å²) < 4.78 is 1.60. The summed E-state index contributed by atoms with van der Waals surface area (Å²) in [5, 5.41) is 19.6. The number of rotatable bonds is 10. The van der Waals surface area contributed by atoms with Crippen LogP contribution < -0.4 is 16.6 Å². The molecule has 2 heterocycles. The Balaban J connectivity index is 1.63. The summed E-state index contributed by atoms with van der Waals surface area (Å²) in [6, 6.07) is 26.6. The van der Waals surface area contributed by atoms with Crippen molar-refractivity contribution < 1.29 is 5.11 Å². The summed E-state index contributed by atoms with van der Waals surface area (Å²) in [6.07, 6.45) is 3.01. The van der Waals surface area contributed by atoms with Gasteiger partial charge in [-0.25, -0.2) is 0 Å². The number of aryl methyl sites for hydroxylation is 1. The maximum atomic E-state index is 12.9. The van der Waals surface area contributed by atoms with Gasteiger partial charge < -0.3 is 25.6 Å². The lowest BCUT2D eigenvalue weighted by atomic mass is 9.81. The highest BCUT2D eigenvalue weighted by atomic mass is 35.5. The molecule has 0 saturated heterocycles. The molecule has 6 nitrogen and oxygen atoms in total. The van der Waals surface area contributed by atoms with Gasteiger partial charge >= 0.3 is 0 Å².